The van der Waals surface area contributed by atoms with Gasteiger partial charge in [-0.3, -0.25) is 4.98 Å². The van der Waals surface area contributed by atoms with E-state index in [1.165, 1.54) is 37.7 Å². The molecule has 0 spiro atoms. The van der Waals surface area contributed by atoms with Crippen molar-refractivity contribution in [1.29, 1.82) is 0 Å². The molecule has 1 saturated carbocycles. The molecular weight excluding hydrogens is 220 g/mol. The van der Waals surface area contributed by atoms with E-state index in [0.717, 1.165) is 17.3 Å². The SMILES string of the molecule is Cc1ncc(Cl)cc1CNC1CCCCC1. The first-order chi connectivity index (χ1) is 7.75. The van der Waals surface area contributed by atoms with Crippen LogP contribution in [-0.2, 0) is 6.54 Å². The topological polar surface area (TPSA) is 24.9 Å². The zero-order valence-electron chi connectivity index (χ0n) is 9.80. The molecule has 16 heavy (non-hydrogen) atoms. The third kappa shape index (κ3) is 3.19. The van der Waals surface area contributed by atoms with Gasteiger partial charge in [0.25, 0.3) is 0 Å². The molecule has 0 atom stereocenters. The Hall–Kier alpha value is -0.600. The van der Waals surface area contributed by atoms with Crippen LogP contribution in [0.4, 0.5) is 0 Å². The first-order valence-corrected chi connectivity index (χ1v) is 6.48. The van der Waals surface area contributed by atoms with Crippen LogP contribution < -0.4 is 5.32 Å². The molecule has 2 rings (SSSR count). The molecule has 0 saturated heterocycles. The molecule has 88 valence electrons. The summed E-state index contributed by atoms with van der Waals surface area (Å²) in [7, 11) is 0. The largest absolute Gasteiger partial charge is 0.310 e. The Morgan fingerprint density at radius 3 is 2.88 bits per heavy atom. The lowest BCUT2D eigenvalue weighted by Crippen LogP contribution is -2.30. The fraction of sp³-hybridized carbons (Fsp3) is 0.615. The van der Waals surface area contributed by atoms with Gasteiger partial charge in [-0.15, -0.1) is 0 Å². The Kier molecular flexibility index (Phi) is 4.19. The molecule has 3 heteroatoms. The number of aromatic nitrogens is 1. The fourth-order valence-electron chi connectivity index (χ4n) is 2.29. The van der Waals surface area contributed by atoms with Crippen LogP contribution in [-0.4, -0.2) is 11.0 Å². The summed E-state index contributed by atoms with van der Waals surface area (Å²) in [5.41, 5.74) is 2.30. The Balaban J connectivity index is 1.90. The third-order valence-corrected chi connectivity index (χ3v) is 3.55. The molecule has 2 nitrogen and oxygen atoms in total. The Morgan fingerprint density at radius 1 is 1.38 bits per heavy atom. The molecule has 1 N–H and O–H groups in total. The number of halogens is 1. The van der Waals surface area contributed by atoms with Gasteiger partial charge in [0.2, 0.25) is 0 Å². The molecular formula is C13H19ClN2. The summed E-state index contributed by atoms with van der Waals surface area (Å²) >= 11 is 5.95. The predicted octanol–water partition coefficient (Wildman–Crippen LogP) is 3.47. The van der Waals surface area contributed by atoms with Gasteiger partial charge in [-0.1, -0.05) is 30.9 Å². The maximum Gasteiger partial charge on any atom is 0.0592 e. The number of nitrogens with one attached hydrogen (secondary N) is 1. The minimum atomic E-state index is 0.687. The smallest absolute Gasteiger partial charge is 0.0592 e. The highest BCUT2D eigenvalue weighted by Gasteiger charge is 2.12. The molecule has 0 unspecified atom stereocenters. The van der Waals surface area contributed by atoms with Crippen molar-refractivity contribution in [1.82, 2.24) is 10.3 Å². The predicted molar refractivity (Wildman–Crippen MR) is 67.7 cm³/mol. The van der Waals surface area contributed by atoms with Crippen molar-refractivity contribution in [2.45, 2.75) is 51.6 Å². The van der Waals surface area contributed by atoms with Crippen molar-refractivity contribution in [3.8, 4) is 0 Å². The summed E-state index contributed by atoms with van der Waals surface area (Å²) < 4.78 is 0. The number of nitrogens with zero attached hydrogens (tertiary/aromatic N) is 1. The summed E-state index contributed by atoms with van der Waals surface area (Å²) in [6, 6.07) is 2.70. The number of aryl methyl sites for hydroxylation is 1. The van der Waals surface area contributed by atoms with Crippen LogP contribution in [0.2, 0.25) is 5.02 Å². The standard InChI is InChI=1S/C13H19ClN2/c1-10-11(7-12(14)9-15-10)8-16-13-5-3-2-4-6-13/h7,9,13,16H,2-6,8H2,1H3. The van der Waals surface area contributed by atoms with Crippen LogP contribution in [0.5, 0.6) is 0 Å². The molecule has 0 radical (unpaired) electrons. The van der Waals surface area contributed by atoms with E-state index in [9.17, 15) is 0 Å². The summed E-state index contributed by atoms with van der Waals surface area (Å²) in [6.45, 7) is 2.93. The van der Waals surface area contributed by atoms with E-state index in [0.29, 0.717) is 6.04 Å². The lowest BCUT2D eigenvalue weighted by molar-refractivity contribution is 0.372. The highest BCUT2D eigenvalue weighted by molar-refractivity contribution is 6.30. The lowest BCUT2D eigenvalue weighted by atomic mass is 9.95. The second-order valence-electron chi connectivity index (χ2n) is 4.61. The van der Waals surface area contributed by atoms with E-state index >= 15 is 0 Å². The van der Waals surface area contributed by atoms with Crippen molar-refractivity contribution in [3.05, 3.63) is 28.5 Å². The molecule has 0 amide bonds. The van der Waals surface area contributed by atoms with Gasteiger partial charge in [0, 0.05) is 24.5 Å². The quantitative estimate of drug-likeness (QED) is 0.872. The van der Waals surface area contributed by atoms with Crippen LogP contribution in [0.15, 0.2) is 12.3 Å². The number of hydrogen-bond donors (Lipinski definition) is 1. The average molecular weight is 239 g/mol. The van der Waals surface area contributed by atoms with Crippen molar-refractivity contribution < 1.29 is 0 Å². The monoisotopic (exact) mass is 238 g/mol. The van der Waals surface area contributed by atoms with E-state index in [1.807, 2.05) is 13.0 Å². The normalized spacial score (nSPS) is 17.6. The third-order valence-electron chi connectivity index (χ3n) is 3.34. The van der Waals surface area contributed by atoms with Gasteiger partial charge < -0.3 is 5.32 Å². The highest BCUT2D eigenvalue weighted by atomic mass is 35.5. The van der Waals surface area contributed by atoms with Crippen LogP contribution in [0.1, 0.15) is 43.4 Å². The van der Waals surface area contributed by atoms with Crippen molar-refractivity contribution in [3.63, 3.8) is 0 Å². The first kappa shape index (κ1) is 11.9. The van der Waals surface area contributed by atoms with Crippen LogP contribution in [0, 0.1) is 6.92 Å². The minimum absolute atomic E-state index is 0.687. The van der Waals surface area contributed by atoms with Crippen LogP contribution in [0.25, 0.3) is 0 Å². The van der Waals surface area contributed by atoms with E-state index in [4.69, 9.17) is 11.6 Å². The Labute approximate surface area is 102 Å². The first-order valence-electron chi connectivity index (χ1n) is 6.10. The molecule has 0 aliphatic heterocycles. The summed E-state index contributed by atoms with van der Waals surface area (Å²) in [6.07, 6.45) is 8.46. The zero-order valence-corrected chi connectivity index (χ0v) is 10.6. The lowest BCUT2D eigenvalue weighted by Gasteiger charge is -2.23. The van der Waals surface area contributed by atoms with Crippen molar-refractivity contribution in [2.75, 3.05) is 0 Å². The Morgan fingerprint density at radius 2 is 2.12 bits per heavy atom. The van der Waals surface area contributed by atoms with Gasteiger partial charge in [0.1, 0.15) is 0 Å². The maximum atomic E-state index is 5.95. The van der Waals surface area contributed by atoms with Crippen molar-refractivity contribution >= 4 is 11.6 Å². The summed E-state index contributed by atoms with van der Waals surface area (Å²) in [5.74, 6) is 0. The summed E-state index contributed by atoms with van der Waals surface area (Å²) in [4.78, 5) is 4.27. The molecule has 0 bridgehead atoms. The van der Waals surface area contributed by atoms with Gasteiger partial charge in [-0.2, -0.15) is 0 Å². The molecule has 1 aliphatic rings. The number of pyridine rings is 1. The second-order valence-corrected chi connectivity index (χ2v) is 5.05. The molecule has 1 aromatic heterocycles. The highest BCUT2D eigenvalue weighted by Crippen LogP contribution is 2.18. The Bertz CT molecular complexity index is 346. The van der Waals surface area contributed by atoms with E-state index in [1.54, 1.807) is 6.20 Å². The van der Waals surface area contributed by atoms with Crippen molar-refractivity contribution in [2.24, 2.45) is 0 Å². The van der Waals surface area contributed by atoms with Gasteiger partial charge >= 0.3 is 0 Å². The average Bonchev–Trinajstić information content (AvgIpc) is 2.32. The van der Waals surface area contributed by atoms with Gasteiger partial charge in [-0.25, -0.2) is 0 Å². The van der Waals surface area contributed by atoms with Crippen LogP contribution >= 0.6 is 11.6 Å². The molecule has 1 heterocycles. The second kappa shape index (κ2) is 5.65. The van der Waals surface area contributed by atoms with Gasteiger partial charge in [0.05, 0.1) is 5.02 Å². The molecule has 0 aromatic carbocycles. The molecule has 1 aliphatic carbocycles. The van der Waals surface area contributed by atoms with Gasteiger partial charge in [-0.05, 0) is 31.4 Å². The number of rotatable bonds is 3. The molecule has 1 fully saturated rings. The fourth-order valence-corrected chi connectivity index (χ4v) is 2.47. The van der Waals surface area contributed by atoms with Crippen LogP contribution in [0.3, 0.4) is 0 Å². The van der Waals surface area contributed by atoms with Gasteiger partial charge in [0.15, 0.2) is 0 Å². The van der Waals surface area contributed by atoms with E-state index in [2.05, 4.69) is 10.3 Å². The summed E-state index contributed by atoms with van der Waals surface area (Å²) in [5, 5.41) is 4.34. The molecule has 1 aromatic rings. The number of hydrogen-bond acceptors (Lipinski definition) is 2. The van der Waals surface area contributed by atoms with E-state index in [-0.39, 0.29) is 0 Å². The minimum Gasteiger partial charge on any atom is -0.310 e. The maximum absolute atomic E-state index is 5.95. The van der Waals surface area contributed by atoms with E-state index < -0.39 is 0 Å². The zero-order chi connectivity index (χ0) is 11.4.